The molecule has 0 aliphatic rings. The van der Waals surface area contributed by atoms with Crippen molar-refractivity contribution in [2.75, 3.05) is 0 Å². The molecular weight excluding hydrogens is 442 g/mol. The Kier molecular flexibility index (Phi) is 7.39. The maximum Gasteiger partial charge on any atom is 0.336 e. The van der Waals surface area contributed by atoms with Crippen molar-refractivity contribution in [3.63, 3.8) is 0 Å². The van der Waals surface area contributed by atoms with Crippen LogP contribution in [0.25, 0.3) is 11.0 Å². The van der Waals surface area contributed by atoms with E-state index in [9.17, 15) is 18.0 Å². The summed E-state index contributed by atoms with van der Waals surface area (Å²) in [4.78, 5) is 25.2. The van der Waals surface area contributed by atoms with Gasteiger partial charge in [-0.3, -0.25) is 0 Å². The van der Waals surface area contributed by atoms with Crippen molar-refractivity contribution in [2.45, 2.75) is 58.4 Å². The van der Waals surface area contributed by atoms with Crippen LogP contribution >= 0.6 is 0 Å². The molecule has 0 radical (unpaired) electrons. The van der Waals surface area contributed by atoms with Crippen molar-refractivity contribution in [1.29, 1.82) is 0 Å². The van der Waals surface area contributed by atoms with E-state index in [2.05, 4.69) is 4.72 Å². The Balaban J connectivity index is 1.98. The molecule has 8 heteroatoms. The van der Waals surface area contributed by atoms with Crippen molar-refractivity contribution < 1.29 is 22.4 Å². The molecule has 0 spiro atoms. The van der Waals surface area contributed by atoms with Gasteiger partial charge < -0.3 is 9.15 Å². The summed E-state index contributed by atoms with van der Waals surface area (Å²) in [5, 5.41) is 0.541. The van der Waals surface area contributed by atoms with Crippen LogP contribution in [0.15, 0.2) is 56.6 Å². The Hall–Kier alpha value is -2.97. The Labute approximate surface area is 193 Å². The standard InChI is InChI=1S/C25H29NO6S/c1-6-7-18-14-22(27)31-20-12-17(5)13-21(23(18)20)32-25(28)24(15(2)3)26-33(29,30)19-10-8-16(4)9-11-19/h8-15,24,26H,6-7H2,1-5H3. The molecule has 1 heterocycles. The smallest absolute Gasteiger partial charge is 0.336 e. The highest BCUT2D eigenvalue weighted by Gasteiger charge is 2.30. The third kappa shape index (κ3) is 5.69. The lowest BCUT2D eigenvalue weighted by molar-refractivity contribution is -0.137. The second-order valence-corrected chi connectivity index (χ2v) is 10.3. The van der Waals surface area contributed by atoms with E-state index in [0.717, 1.165) is 17.5 Å². The Morgan fingerprint density at radius 1 is 1.06 bits per heavy atom. The van der Waals surface area contributed by atoms with Crippen LogP contribution in [0.2, 0.25) is 0 Å². The molecule has 1 N–H and O–H groups in total. The summed E-state index contributed by atoms with van der Waals surface area (Å²) >= 11 is 0. The topological polar surface area (TPSA) is 103 Å². The van der Waals surface area contributed by atoms with E-state index in [1.54, 1.807) is 45.0 Å². The molecule has 0 aliphatic heterocycles. The van der Waals surface area contributed by atoms with Gasteiger partial charge in [0.15, 0.2) is 0 Å². The van der Waals surface area contributed by atoms with Gasteiger partial charge in [-0.2, -0.15) is 4.72 Å². The largest absolute Gasteiger partial charge is 0.425 e. The molecule has 1 unspecified atom stereocenters. The molecule has 3 rings (SSSR count). The number of benzene rings is 2. The minimum absolute atomic E-state index is 0.0690. The number of nitrogens with one attached hydrogen (secondary N) is 1. The quantitative estimate of drug-likeness (QED) is 0.299. The van der Waals surface area contributed by atoms with Gasteiger partial charge >= 0.3 is 11.6 Å². The van der Waals surface area contributed by atoms with Crippen LogP contribution in [0, 0.1) is 19.8 Å². The molecule has 0 amide bonds. The number of ether oxygens (including phenoxy) is 1. The zero-order valence-corrected chi connectivity index (χ0v) is 20.3. The highest BCUT2D eigenvalue weighted by Crippen LogP contribution is 2.31. The lowest BCUT2D eigenvalue weighted by Gasteiger charge is -2.21. The van der Waals surface area contributed by atoms with Gasteiger partial charge in [-0.25, -0.2) is 18.0 Å². The monoisotopic (exact) mass is 471 g/mol. The highest BCUT2D eigenvalue weighted by atomic mass is 32.2. The SMILES string of the molecule is CCCc1cc(=O)oc2cc(C)cc(OC(=O)C(NS(=O)(=O)c3ccc(C)cc3)C(C)C)c12. The Morgan fingerprint density at radius 3 is 2.33 bits per heavy atom. The van der Waals surface area contributed by atoms with Crippen molar-refractivity contribution in [1.82, 2.24) is 4.72 Å². The maximum absolute atomic E-state index is 13.2. The van der Waals surface area contributed by atoms with E-state index in [1.165, 1.54) is 18.2 Å². The zero-order valence-electron chi connectivity index (χ0n) is 19.5. The molecule has 0 bridgehead atoms. The molecule has 0 fully saturated rings. The number of hydrogen-bond donors (Lipinski definition) is 1. The van der Waals surface area contributed by atoms with Gasteiger partial charge in [-0.1, -0.05) is 44.9 Å². The second kappa shape index (κ2) is 9.89. The predicted octanol–water partition coefficient (Wildman–Crippen LogP) is 4.27. The third-order valence-electron chi connectivity index (χ3n) is 5.30. The number of carbonyl (C=O) groups excluding carboxylic acids is 1. The van der Waals surface area contributed by atoms with Gasteiger partial charge in [0, 0.05) is 6.07 Å². The zero-order chi connectivity index (χ0) is 24.3. The van der Waals surface area contributed by atoms with E-state index >= 15 is 0 Å². The number of carbonyl (C=O) groups is 1. The van der Waals surface area contributed by atoms with Crippen LogP contribution in [-0.4, -0.2) is 20.4 Å². The normalized spacial score (nSPS) is 12.8. The molecule has 1 atom stereocenters. The average molecular weight is 472 g/mol. The molecular formula is C25H29NO6S. The first kappa shape index (κ1) is 24.7. The summed E-state index contributed by atoms with van der Waals surface area (Å²) in [6.45, 7) is 9.11. The summed E-state index contributed by atoms with van der Waals surface area (Å²) < 4.78 is 39.3. The molecule has 176 valence electrons. The maximum atomic E-state index is 13.2. The lowest BCUT2D eigenvalue weighted by atomic mass is 10.0. The number of hydrogen-bond acceptors (Lipinski definition) is 6. The fourth-order valence-corrected chi connectivity index (χ4v) is 4.93. The molecule has 0 saturated carbocycles. The second-order valence-electron chi connectivity index (χ2n) is 8.55. The van der Waals surface area contributed by atoms with E-state index in [-0.39, 0.29) is 16.6 Å². The van der Waals surface area contributed by atoms with E-state index in [4.69, 9.17) is 9.15 Å². The summed E-state index contributed by atoms with van der Waals surface area (Å²) in [5.41, 5.74) is 2.24. The Bertz CT molecular complexity index is 1320. The first-order valence-electron chi connectivity index (χ1n) is 10.9. The fourth-order valence-electron chi connectivity index (χ4n) is 3.60. The van der Waals surface area contributed by atoms with E-state index in [1.807, 2.05) is 13.8 Å². The highest BCUT2D eigenvalue weighted by molar-refractivity contribution is 7.89. The molecule has 33 heavy (non-hydrogen) atoms. The average Bonchev–Trinajstić information content (AvgIpc) is 2.71. The van der Waals surface area contributed by atoms with Crippen molar-refractivity contribution in [3.8, 4) is 5.75 Å². The van der Waals surface area contributed by atoms with Crippen LogP contribution in [0.5, 0.6) is 5.75 Å². The van der Waals surface area contributed by atoms with Crippen LogP contribution < -0.4 is 15.1 Å². The third-order valence-corrected chi connectivity index (χ3v) is 6.75. The van der Waals surface area contributed by atoms with Gasteiger partial charge in [0.05, 0.1) is 10.3 Å². The summed E-state index contributed by atoms with van der Waals surface area (Å²) in [6.07, 6.45) is 1.38. The van der Waals surface area contributed by atoms with Crippen LogP contribution in [-0.2, 0) is 21.2 Å². The molecule has 0 aliphatic carbocycles. The van der Waals surface area contributed by atoms with E-state index in [0.29, 0.717) is 23.0 Å². The van der Waals surface area contributed by atoms with E-state index < -0.39 is 27.7 Å². The van der Waals surface area contributed by atoms with Crippen molar-refractivity contribution in [3.05, 3.63) is 69.6 Å². The van der Waals surface area contributed by atoms with Gasteiger partial charge in [0.1, 0.15) is 17.4 Å². The van der Waals surface area contributed by atoms with Gasteiger partial charge in [-0.15, -0.1) is 0 Å². The predicted molar refractivity (Wildman–Crippen MR) is 127 cm³/mol. The Morgan fingerprint density at radius 2 is 1.73 bits per heavy atom. The number of fused-ring (bicyclic) bond motifs is 1. The van der Waals surface area contributed by atoms with Gasteiger partial charge in [0.2, 0.25) is 10.0 Å². The molecule has 3 aromatic rings. The van der Waals surface area contributed by atoms with Crippen LogP contribution in [0.3, 0.4) is 0 Å². The summed E-state index contributed by atoms with van der Waals surface area (Å²) in [6, 6.07) is 10.1. The summed E-state index contributed by atoms with van der Waals surface area (Å²) in [5.74, 6) is -0.870. The minimum atomic E-state index is -3.94. The van der Waals surface area contributed by atoms with Gasteiger partial charge in [0.25, 0.3) is 0 Å². The molecule has 2 aromatic carbocycles. The van der Waals surface area contributed by atoms with Crippen LogP contribution in [0.1, 0.15) is 43.9 Å². The number of aryl methyl sites for hydroxylation is 3. The fraction of sp³-hybridized carbons (Fsp3) is 0.360. The molecule has 0 saturated heterocycles. The minimum Gasteiger partial charge on any atom is -0.425 e. The number of esters is 1. The summed E-state index contributed by atoms with van der Waals surface area (Å²) in [7, 11) is -3.94. The lowest BCUT2D eigenvalue weighted by Crippen LogP contribution is -2.46. The first-order chi connectivity index (χ1) is 15.5. The first-order valence-corrected chi connectivity index (χ1v) is 12.4. The molecule has 1 aromatic heterocycles. The van der Waals surface area contributed by atoms with Crippen LogP contribution in [0.4, 0.5) is 0 Å². The van der Waals surface area contributed by atoms with Gasteiger partial charge in [-0.05, 0) is 61.6 Å². The van der Waals surface area contributed by atoms with Crippen molar-refractivity contribution >= 4 is 27.0 Å². The molecule has 7 nitrogen and oxygen atoms in total. The number of rotatable bonds is 8. The number of sulfonamides is 1. The van der Waals surface area contributed by atoms with Crippen molar-refractivity contribution in [2.24, 2.45) is 5.92 Å².